The highest BCUT2D eigenvalue weighted by atomic mass is 35.5. The first-order valence-corrected chi connectivity index (χ1v) is 9.14. The summed E-state index contributed by atoms with van der Waals surface area (Å²) in [5.74, 6) is 0. The highest BCUT2D eigenvalue weighted by Crippen LogP contribution is 2.26. The summed E-state index contributed by atoms with van der Waals surface area (Å²) >= 11 is 5.91. The predicted octanol–water partition coefficient (Wildman–Crippen LogP) is 1.76. The van der Waals surface area contributed by atoms with E-state index in [-0.39, 0.29) is 16.8 Å². The molecule has 1 aromatic rings. The van der Waals surface area contributed by atoms with Gasteiger partial charge in [0.1, 0.15) is 5.02 Å². The number of sulfonamides is 1. The van der Waals surface area contributed by atoms with Gasteiger partial charge in [-0.25, -0.2) is 13.1 Å². The van der Waals surface area contributed by atoms with Crippen LogP contribution in [-0.4, -0.2) is 43.6 Å². The second-order valence-electron chi connectivity index (χ2n) is 5.51. The number of nitrogens with zero attached hydrogens (tertiary/aromatic N) is 2. The van der Waals surface area contributed by atoms with E-state index in [0.29, 0.717) is 13.1 Å². The Kier molecular flexibility index (Phi) is 5.38. The Morgan fingerprint density at radius 3 is 2.82 bits per heavy atom. The van der Waals surface area contributed by atoms with Gasteiger partial charge in [-0.3, -0.25) is 15.0 Å². The molecular formula is C13H18ClN3O4S. The van der Waals surface area contributed by atoms with Crippen molar-refractivity contribution in [2.45, 2.75) is 25.4 Å². The Morgan fingerprint density at radius 2 is 2.23 bits per heavy atom. The summed E-state index contributed by atoms with van der Waals surface area (Å²) in [5, 5.41) is 10.9. The third-order valence-electron chi connectivity index (χ3n) is 3.50. The number of piperidine rings is 1. The third-order valence-corrected chi connectivity index (χ3v) is 4.57. The summed E-state index contributed by atoms with van der Waals surface area (Å²) in [5.41, 5.74) is 0.760. The zero-order chi connectivity index (χ0) is 16.3. The Morgan fingerprint density at radius 1 is 1.50 bits per heavy atom. The van der Waals surface area contributed by atoms with Crippen molar-refractivity contribution in [3.8, 4) is 0 Å². The molecule has 9 heteroatoms. The molecule has 1 N–H and O–H groups in total. The van der Waals surface area contributed by atoms with E-state index in [4.69, 9.17) is 11.6 Å². The lowest BCUT2D eigenvalue weighted by molar-refractivity contribution is -0.384. The number of halogens is 1. The van der Waals surface area contributed by atoms with Gasteiger partial charge in [-0.15, -0.1) is 0 Å². The summed E-state index contributed by atoms with van der Waals surface area (Å²) in [6.45, 7) is 2.05. The number of nitro benzene ring substituents is 1. The first-order chi connectivity index (χ1) is 10.2. The molecule has 1 aromatic carbocycles. The lowest BCUT2D eigenvalue weighted by atomic mass is 10.1. The molecule has 0 radical (unpaired) electrons. The molecule has 0 aliphatic carbocycles. The number of hydrogen-bond acceptors (Lipinski definition) is 5. The molecule has 1 saturated heterocycles. The van der Waals surface area contributed by atoms with Gasteiger partial charge < -0.3 is 0 Å². The van der Waals surface area contributed by atoms with Gasteiger partial charge in [0, 0.05) is 25.2 Å². The molecular weight excluding hydrogens is 330 g/mol. The standard InChI is InChI=1S/C13H18ClN3O4S/c1-22(20,21)15-11-3-2-6-16(9-11)8-10-4-5-13(17(18)19)12(14)7-10/h4-5,7,11,15H,2-3,6,8-9H2,1H3/t11-/m1/s1. The molecule has 2 rings (SSSR count). The van der Waals surface area contributed by atoms with Crippen LogP contribution >= 0.6 is 11.6 Å². The van der Waals surface area contributed by atoms with Crippen molar-refractivity contribution in [3.63, 3.8) is 0 Å². The average molecular weight is 348 g/mol. The van der Waals surface area contributed by atoms with Crippen molar-refractivity contribution in [3.05, 3.63) is 38.9 Å². The number of nitrogens with one attached hydrogen (secondary N) is 1. The first-order valence-electron chi connectivity index (χ1n) is 6.87. The first kappa shape index (κ1) is 17.1. The van der Waals surface area contributed by atoms with Gasteiger partial charge in [-0.1, -0.05) is 17.7 Å². The Balaban J connectivity index is 2.01. The zero-order valence-electron chi connectivity index (χ0n) is 12.2. The van der Waals surface area contributed by atoms with Gasteiger partial charge in [-0.2, -0.15) is 0 Å². The topological polar surface area (TPSA) is 92.6 Å². The molecule has 1 aliphatic rings. The van der Waals surface area contributed by atoms with Gasteiger partial charge >= 0.3 is 0 Å². The lowest BCUT2D eigenvalue weighted by Gasteiger charge is -2.32. The molecule has 7 nitrogen and oxygen atoms in total. The minimum atomic E-state index is -3.21. The highest BCUT2D eigenvalue weighted by Gasteiger charge is 2.22. The largest absolute Gasteiger partial charge is 0.298 e. The minimum absolute atomic E-state index is 0.0997. The molecule has 122 valence electrons. The normalized spacial score (nSPS) is 20.0. The van der Waals surface area contributed by atoms with Crippen molar-refractivity contribution in [2.24, 2.45) is 0 Å². The van der Waals surface area contributed by atoms with E-state index in [2.05, 4.69) is 9.62 Å². The monoisotopic (exact) mass is 347 g/mol. The summed E-state index contributed by atoms with van der Waals surface area (Å²) in [4.78, 5) is 12.3. The Labute approximate surface area is 134 Å². The second-order valence-corrected chi connectivity index (χ2v) is 7.69. The van der Waals surface area contributed by atoms with Crippen molar-refractivity contribution < 1.29 is 13.3 Å². The molecule has 1 aliphatic heterocycles. The zero-order valence-corrected chi connectivity index (χ0v) is 13.7. The predicted molar refractivity (Wildman–Crippen MR) is 84.4 cm³/mol. The smallest absolute Gasteiger partial charge is 0.287 e. The fraction of sp³-hybridized carbons (Fsp3) is 0.538. The van der Waals surface area contributed by atoms with Crippen LogP contribution in [0.2, 0.25) is 5.02 Å². The van der Waals surface area contributed by atoms with Crippen LogP contribution in [0.15, 0.2) is 18.2 Å². The van der Waals surface area contributed by atoms with E-state index in [0.717, 1.165) is 31.2 Å². The number of benzene rings is 1. The van der Waals surface area contributed by atoms with Crippen LogP contribution in [0.3, 0.4) is 0 Å². The van der Waals surface area contributed by atoms with Gasteiger partial charge in [0.05, 0.1) is 11.2 Å². The van der Waals surface area contributed by atoms with Gasteiger partial charge in [-0.05, 0) is 31.0 Å². The van der Waals surface area contributed by atoms with E-state index in [1.54, 1.807) is 12.1 Å². The minimum Gasteiger partial charge on any atom is -0.298 e. The Hall–Kier alpha value is -1.22. The highest BCUT2D eigenvalue weighted by molar-refractivity contribution is 7.88. The van der Waals surface area contributed by atoms with E-state index < -0.39 is 14.9 Å². The van der Waals surface area contributed by atoms with Gasteiger partial charge in [0.25, 0.3) is 5.69 Å². The molecule has 0 spiro atoms. The van der Waals surface area contributed by atoms with Crippen LogP contribution in [0, 0.1) is 10.1 Å². The van der Waals surface area contributed by atoms with Crippen LogP contribution in [0.4, 0.5) is 5.69 Å². The van der Waals surface area contributed by atoms with Crippen molar-refractivity contribution in [1.82, 2.24) is 9.62 Å². The van der Waals surface area contributed by atoms with Gasteiger partial charge in [0.2, 0.25) is 10.0 Å². The molecule has 22 heavy (non-hydrogen) atoms. The van der Waals surface area contributed by atoms with E-state index in [1.165, 1.54) is 6.07 Å². The van der Waals surface area contributed by atoms with E-state index in [9.17, 15) is 18.5 Å². The van der Waals surface area contributed by atoms with Crippen LogP contribution in [-0.2, 0) is 16.6 Å². The number of likely N-dealkylation sites (tertiary alicyclic amines) is 1. The van der Waals surface area contributed by atoms with Crippen LogP contribution in [0.25, 0.3) is 0 Å². The summed E-state index contributed by atoms with van der Waals surface area (Å²) in [6.07, 6.45) is 2.86. The maximum Gasteiger partial charge on any atom is 0.287 e. The number of rotatable bonds is 5. The molecule has 1 heterocycles. The fourth-order valence-corrected chi connectivity index (χ4v) is 3.72. The lowest BCUT2D eigenvalue weighted by Crippen LogP contribution is -2.46. The van der Waals surface area contributed by atoms with Crippen LogP contribution in [0.5, 0.6) is 0 Å². The third kappa shape index (κ3) is 4.91. The van der Waals surface area contributed by atoms with Gasteiger partial charge in [0.15, 0.2) is 0 Å². The maximum atomic E-state index is 11.3. The summed E-state index contributed by atoms with van der Waals surface area (Å²) in [7, 11) is -3.21. The SMILES string of the molecule is CS(=O)(=O)N[C@@H]1CCCN(Cc2ccc([N+](=O)[O-])c(Cl)c2)C1. The molecule has 0 saturated carbocycles. The van der Waals surface area contributed by atoms with Crippen molar-refractivity contribution in [1.29, 1.82) is 0 Å². The summed E-state index contributed by atoms with van der Waals surface area (Å²) in [6, 6.07) is 4.57. The van der Waals surface area contributed by atoms with Crippen molar-refractivity contribution >= 4 is 27.3 Å². The van der Waals surface area contributed by atoms with E-state index >= 15 is 0 Å². The second kappa shape index (κ2) is 6.91. The van der Waals surface area contributed by atoms with Crippen LogP contribution < -0.4 is 4.72 Å². The average Bonchev–Trinajstić information content (AvgIpc) is 2.36. The van der Waals surface area contributed by atoms with E-state index in [1.807, 2.05) is 0 Å². The molecule has 0 unspecified atom stereocenters. The van der Waals surface area contributed by atoms with Crippen molar-refractivity contribution in [2.75, 3.05) is 19.3 Å². The quantitative estimate of drug-likeness (QED) is 0.647. The molecule has 1 atom stereocenters. The Bertz CT molecular complexity index is 665. The number of hydrogen-bond donors (Lipinski definition) is 1. The summed E-state index contributed by atoms with van der Waals surface area (Å²) < 4.78 is 25.2. The number of nitro groups is 1. The molecule has 1 fully saturated rings. The molecule has 0 bridgehead atoms. The fourth-order valence-electron chi connectivity index (χ4n) is 2.65. The maximum absolute atomic E-state index is 11.3. The molecule has 0 aromatic heterocycles. The van der Waals surface area contributed by atoms with Crippen LogP contribution in [0.1, 0.15) is 18.4 Å². The molecule has 0 amide bonds.